The number of carbonyl (C=O) groups excluding carboxylic acids is 1. The molecule has 226 valence electrons. The summed E-state index contributed by atoms with van der Waals surface area (Å²) in [5.41, 5.74) is 6.02. The van der Waals surface area contributed by atoms with E-state index in [0.29, 0.717) is 40.4 Å². The molecule has 13 heteroatoms. The van der Waals surface area contributed by atoms with E-state index in [1.807, 2.05) is 77.4 Å². The quantitative estimate of drug-likeness (QED) is 0.173. The van der Waals surface area contributed by atoms with Crippen LogP contribution in [0.15, 0.2) is 87.5 Å². The summed E-state index contributed by atoms with van der Waals surface area (Å²) in [6.45, 7) is 0. The monoisotopic (exact) mass is 614 g/mol. The van der Waals surface area contributed by atoms with Crippen LogP contribution in [0.4, 0.5) is 5.82 Å². The molecule has 0 radical (unpaired) electrons. The van der Waals surface area contributed by atoms with Gasteiger partial charge >= 0.3 is 5.69 Å². The standard InChI is InChI=1S/C31H30N6O6S/c1-35-28(32)27(29(39)36(2)31(35)40)23(38)18-44-30-34-33-26(17-19-10-15-24(41-3)25(16-19)42-4)37(30)20-11-13-22(14-12-20)43-21-8-6-5-7-9-21/h5-16H,17-18,32H2,1-4H3. The lowest BCUT2D eigenvalue weighted by Gasteiger charge is -2.13. The van der Waals surface area contributed by atoms with E-state index in [2.05, 4.69) is 10.2 Å². The SMILES string of the molecule is COc1ccc(Cc2nnc(SCC(=O)c3c(N)n(C)c(=O)n(C)c3=O)n2-c2ccc(Oc3ccccc3)cc2)cc1OC. The third-order valence-electron chi connectivity index (χ3n) is 6.91. The third kappa shape index (κ3) is 6.08. The highest BCUT2D eigenvalue weighted by Crippen LogP contribution is 2.31. The molecule has 2 N–H and O–H groups in total. The maximum absolute atomic E-state index is 13.2. The van der Waals surface area contributed by atoms with Crippen molar-refractivity contribution in [1.29, 1.82) is 0 Å². The average molecular weight is 615 g/mol. The number of rotatable bonds is 11. The number of nitrogens with zero attached hydrogens (tertiary/aromatic N) is 5. The molecule has 5 aromatic rings. The first kappa shape index (κ1) is 30.2. The van der Waals surface area contributed by atoms with E-state index >= 15 is 0 Å². The number of nitrogen functional groups attached to an aromatic ring is 1. The van der Waals surface area contributed by atoms with Crippen molar-refractivity contribution in [3.8, 4) is 28.7 Å². The van der Waals surface area contributed by atoms with Gasteiger partial charge in [0.1, 0.15) is 28.7 Å². The van der Waals surface area contributed by atoms with Gasteiger partial charge in [-0.3, -0.25) is 23.3 Å². The summed E-state index contributed by atoms with van der Waals surface area (Å²) in [6.07, 6.45) is 0.387. The molecule has 0 saturated heterocycles. The Morgan fingerprint density at radius 2 is 1.55 bits per heavy atom. The van der Waals surface area contributed by atoms with Crippen LogP contribution >= 0.6 is 11.8 Å². The van der Waals surface area contributed by atoms with Crippen molar-refractivity contribution in [1.82, 2.24) is 23.9 Å². The number of nitrogens with two attached hydrogens (primary N) is 1. The molecule has 44 heavy (non-hydrogen) atoms. The van der Waals surface area contributed by atoms with E-state index in [9.17, 15) is 14.4 Å². The number of hydrogen-bond acceptors (Lipinski definition) is 10. The Morgan fingerprint density at radius 3 is 2.23 bits per heavy atom. The predicted molar refractivity (Wildman–Crippen MR) is 167 cm³/mol. The molecule has 0 atom stereocenters. The number of ether oxygens (including phenoxy) is 3. The number of anilines is 1. The Balaban J connectivity index is 1.48. The number of thioether (sulfide) groups is 1. The zero-order valence-electron chi connectivity index (χ0n) is 24.5. The summed E-state index contributed by atoms with van der Waals surface area (Å²) in [4.78, 5) is 38.2. The van der Waals surface area contributed by atoms with E-state index in [4.69, 9.17) is 19.9 Å². The molecule has 0 saturated carbocycles. The third-order valence-corrected chi connectivity index (χ3v) is 7.83. The molecule has 5 rings (SSSR count). The number of benzene rings is 3. The Hall–Kier alpha value is -5.30. The normalized spacial score (nSPS) is 10.9. The van der Waals surface area contributed by atoms with Crippen LogP contribution in [-0.2, 0) is 20.5 Å². The molecule has 12 nitrogen and oxygen atoms in total. The first-order valence-electron chi connectivity index (χ1n) is 13.4. The van der Waals surface area contributed by atoms with Crippen molar-refractivity contribution in [3.63, 3.8) is 0 Å². The van der Waals surface area contributed by atoms with Crippen LogP contribution in [0.1, 0.15) is 21.7 Å². The van der Waals surface area contributed by atoms with Crippen LogP contribution in [0.3, 0.4) is 0 Å². The minimum absolute atomic E-state index is 0.165. The molecule has 0 unspecified atom stereocenters. The summed E-state index contributed by atoms with van der Waals surface area (Å²) in [6, 6.07) is 22.4. The molecule has 0 spiro atoms. The lowest BCUT2D eigenvalue weighted by atomic mass is 10.1. The Kier molecular flexibility index (Phi) is 8.86. The fraction of sp³-hybridized carbons (Fsp3) is 0.194. The van der Waals surface area contributed by atoms with Crippen LogP contribution in [0, 0.1) is 0 Å². The van der Waals surface area contributed by atoms with Gasteiger partial charge in [-0.05, 0) is 54.1 Å². The highest BCUT2D eigenvalue weighted by atomic mass is 32.2. The maximum atomic E-state index is 13.2. The number of hydrogen-bond donors (Lipinski definition) is 1. The van der Waals surface area contributed by atoms with Crippen LogP contribution in [0.25, 0.3) is 5.69 Å². The van der Waals surface area contributed by atoms with Gasteiger partial charge in [0.15, 0.2) is 22.4 Å². The minimum atomic E-state index is -0.749. The second-order valence-corrected chi connectivity index (χ2v) is 10.6. The van der Waals surface area contributed by atoms with E-state index in [-0.39, 0.29) is 17.1 Å². The van der Waals surface area contributed by atoms with Gasteiger partial charge in [0, 0.05) is 26.2 Å². The number of para-hydroxylation sites is 1. The molecule has 0 amide bonds. The van der Waals surface area contributed by atoms with Gasteiger partial charge in [-0.1, -0.05) is 36.0 Å². The maximum Gasteiger partial charge on any atom is 0.332 e. The van der Waals surface area contributed by atoms with Gasteiger partial charge in [-0.2, -0.15) is 0 Å². The predicted octanol–water partition coefficient (Wildman–Crippen LogP) is 3.62. The van der Waals surface area contributed by atoms with Gasteiger partial charge in [-0.25, -0.2) is 4.79 Å². The Labute approximate surface area is 256 Å². The van der Waals surface area contributed by atoms with Crippen molar-refractivity contribution >= 4 is 23.4 Å². The first-order valence-corrected chi connectivity index (χ1v) is 14.4. The molecule has 2 aromatic heterocycles. The van der Waals surface area contributed by atoms with Gasteiger partial charge in [0.05, 0.1) is 20.0 Å². The van der Waals surface area contributed by atoms with Crippen LogP contribution in [-0.4, -0.2) is 49.7 Å². The zero-order valence-corrected chi connectivity index (χ0v) is 25.3. The first-order chi connectivity index (χ1) is 21.2. The van der Waals surface area contributed by atoms with Gasteiger partial charge in [-0.15, -0.1) is 10.2 Å². The smallest absolute Gasteiger partial charge is 0.332 e. The summed E-state index contributed by atoms with van der Waals surface area (Å²) in [7, 11) is 5.85. The molecule has 2 heterocycles. The van der Waals surface area contributed by atoms with E-state index < -0.39 is 17.0 Å². The van der Waals surface area contributed by atoms with Crippen molar-refractivity contribution < 1.29 is 19.0 Å². The fourth-order valence-corrected chi connectivity index (χ4v) is 5.40. The van der Waals surface area contributed by atoms with E-state index in [1.54, 1.807) is 14.2 Å². The number of ketones is 1. The summed E-state index contributed by atoms with van der Waals surface area (Å²) >= 11 is 1.10. The molecule has 0 aliphatic heterocycles. The number of carbonyl (C=O) groups is 1. The van der Waals surface area contributed by atoms with Crippen molar-refractivity contribution in [3.05, 3.63) is 111 Å². The molecule has 0 fully saturated rings. The number of aromatic nitrogens is 5. The lowest BCUT2D eigenvalue weighted by molar-refractivity contribution is 0.102. The fourth-order valence-electron chi connectivity index (χ4n) is 4.55. The zero-order chi connectivity index (χ0) is 31.4. The molecular weight excluding hydrogens is 584 g/mol. The minimum Gasteiger partial charge on any atom is -0.493 e. The van der Waals surface area contributed by atoms with Gasteiger partial charge in [0.25, 0.3) is 5.56 Å². The van der Waals surface area contributed by atoms with Crippen LogP contribution < -0.4 is 31.2 Å². The highest BCUT2D eigenvalue weighted by Gasteiger charge is 2.23. The van der Waals surface area contributed by atoms with Gasteiger partial charge < -0.3 is 19.9 Å². The number of Topliss-reactive ketones (excluding diaryl/α,β-unsaturated/α-hetero) is 1. The molecule has 0 aliphatic carbocycles. The van der Waals surface area contributed by atoms with Crippen molar-refractivity contribution in [2.75, 3.05) is 25.7 Å². The van der Waals surface area contributed by atoms with Crippen LogP contribution in [0.5, 0.6) is 23.0 Å². The summed E-state index contributed by atoms with van der Waals surface area (Å²) in [5.74, 6) is 2.24. The lowest BCUT2D eigenvalue weighted by Crippen LogP contribution is -2.41. The molecule has 3 aromatic carbocycles. The van der Waals surface area contributed by atoms with Gasteiger partial charge in [0.2, 0.25) is 0 Å². The second kappa shape index (κ2) is 12.9. The largest absolute Gasteiger partial charge is 0.493 e. The van der Waals surface area contributed by atoms with E-state index in [1.165, 1.54) is 14.1 Å². The summed E-state index contributed by atoms with van der Waals surface area (Å²) < 4.78 is 20.5. The molecular formula is C31H30N6O6S. The molecule has 0 aliphatic rings. The second-order valence-electron chi connectivity index (χ2n) is 9.69. The highest BCUT2D eigenvalue weighted by molar-refractivity contribution is 7.99. The number of methoxy groups -OCH3 is 2. The van der Waals surface area contributed by atoms with Crippen LogP contribution in [0.2, 0.25) is 0 Å². The van der Waals surface area contributed by atoms with E-state index in [0.717, 1.165) is 32.1 Å². The Morgan fingerprint density at radius 1 is 0.864 bits per heavy atom. The topological polar surface area (TPSA) is 145 Å². The molecule has 0 bridgehead atoms. The Bertz CT molecular complexity index is 1930. The van der Waals surface area contributed by atoms with Crippen molar-refractivity contribution in [2.24, 2.45) is 14.1 Å². The summed E-state index contributed by atoms with van der Waals surface area (Å²) in [5, 5.41) is 9.25. The average Bonchev–Trinajstić information content (AvgIpc) is 3.44. The van der Waals surface area contributed by atoms with Crippen molar-refractivity contribution in [2.45, 2.75) is 11.6 Å².